The molecule has 0 N–H and O–H groups in total. The van der Waals surface area contributed by atoms with Crippen LogP contribution in [0, 0.1) is 22.7 Å². The van der Waals surface area contributed by atoms with Crippen molar-refractivity contribution >= 4 is 55.8 Å². The summed E-state index contributed by atoms with van der Waals surface area (Å²) in [4.78, 5) is 0. The van der Waals surface area contributed by atoms with Crippen LogP contribution in [-0.2, 0) is 5.41 Å². The maximum Gasteiger partial charge on any atom is 0.0998 e. The molecule has 0 saturated heterocycles. The summed E-state index contributed by atoms with van der Waals surface area (Å²) in [6, 6.07) is 21.4. The first-order chi connectivity index (χ1) is 26.3. The van der Waals surface area contributed by atoms with Crippen molar-refractivity contribution in [1.29, 1.82) is 10.5 Å². The predicted octanol–water partition coefficient (Wildman–Crippen LogP) is 14.3. The Morgan fingerprint density at radius 1 is 0.704 bits per heavy atom. The predicted molar refractivity (Wildman–Crippen MR) is 228 cm³/mol. The Balaban J connectivity index is 0.00000189. The summed E-state index contributed by atoms with van der Waals surface area (Å²) < 4.78 is 2.41. The lowest BCUT2D eigenvalue weighted by molar-refractivity contribution is 0.636. The van der Waals surface area contributed by atoms with Gasteiger partial charge in [0.2, 0.25) is 0 Å². The average molecular weight is 704 g/mol. The number of aromatic nitrogens is 1. The first kappa shape index (κ1) is 34.4. The molecule has 0 fully saturated rings. The minimum atomic E-state index is -0.106. The molecule has 0 saturated carbocycles. The van der Waals surface area contributed by atoms with Gasteiger partial charge in [-0.05, 0) is 143 Å². The molecule has 54 heavy (non-hydrogen) atoms. The summed E-state index contributed by atoms with van der Waals surface area (Å²) in [5, 5.41) is 26.3. The normalized spacial score (nSPS) is 21.2. The number of nitrogens with zero attached hydrogens (tertiary/aromatic N) is 3. The van der Waals surface area contributed by atoms with Crippen molar-refractivity contribution in [3.05, 3.63) is 117 Å². The van der Waals surface area contributed by atoms with E-state index in [0.717, 1.165) is 79.1 Å². The third kappa shape index (κ3) is 4.70. The van der Waals surface area contributed by atoms with Crippen LogP contribution >= 0.6 is 0 Å². The molecule has 6 aromatic rings. The van der Waals surface area contributed by atoms with E-state index in [2.05, 4.69) is 123 Å². The lowest BCUT2D eigenvalue weighted by atomic mass is 9.77. The second-order valence-corrected chi connectivity index (χ2v) is 16.4. The molecule has 2 heterocycles. The SMILES string of the molecule is CC.CC1CCC/C=C/c2c1c(C#N)cc1c2c2cc(-c3cccc4c3C(C)(C)C3=C4CCC=C3)cc3c4c5c(c(C#N)cc4n1c23)/C=C/CCCC5C. The highest BCUT2D eigenvalue weighted by Gasteiger charge is 2.39. The van der Waals surface area contributed by atoms with Crippen LogP contribution in [0.5, 0.6) is 0 Å². The Morgan fingerprint density at radius 3 is 2.04 bits per heavy atom. The van der Waals surface area contributed by atoms with E-state index in [1.165, 1.54) is 77.2 Å². The van der Waals surface area contributed by atoms with Gasteiger partial charge in [0.1, 0.15) is 0 Å². The Bertz CT molecular complexity index is 2760. The van der Waals surface area contributed by atoms with Gasteiger partial charge in [-0.1, -0.05) is 96.2 Å². The molecule has 0 aliphatic heterocycles. The number of nitriles is 2. The number of fused-ring (bicyclic) bond motifs is 12. The topological polar surface area (TPSA) is 52.0 Å². The molecule has 4 aliphatic rings. The van der Waals surface area contributed by atoms with E-state index in [0.29, 0.717) is 5.92 Å². The van der Waals surface area contributed by atoms with Gasteiger partial charge in [0, 0.05) is 27.0 Å². The van der Waals surface area contributed by atoms with Crippen LogP contribution in [0.4, 0.5) is 0 Å². The number of rotatable bonds is 1. The van der Waals surface area contributed by atoms with E-state index in [1.54, 1.807) is 0 Å². The minimum absolute atomic E-state index is 0.106. The standard InChI is InChI=1S/C49H43N3.C2H6/c1-28-14-7-6-10-18-37-43(28)32(27-51)25-41-45(37)38-22-30(34-19-13-20-36-35-17-11-12-21-40(35)49(3,4)47(34)36)23-39-46-42(52(41)48(38)39)24-31(26-50)33-16-9-5-8-15-29(2)44(33)46;1-2/h9-10,12-13,16,18-25,28-29H,5-8,11,14-15,17H2,1-4H3;1-2H3/b16-9+,18-10+;. The van der Waals surface area contributed by atoms with Gasteiger partial charge in [-0.2, -0.15) is 10.5 Å². The van der Waals surface area contributed by atoms with Crippen molar-refractivity contribution in [2.45, 2.75) is 110 Å². The zero-order valence-corrected chi connectivity index (χ0v) is 32.7. The van der Waals surface area contributed by atoms with Crippen molar-refractivity contribution in [2.24, 2.45) is 0 Å². The van der Waals surface area contributed by atoms with Crippen molar-refractivity contribution in [3.8, 4) is 23.3 Å². The highest BCUT2D eigenvalue weighted by Crippen LogP contribution is 2.55. The number of hydrogen-bond donors (Lipinski definition) is 0. The van der Waals surface area contributed by atoms with E-state index in [9.17, 15) is 10.5 Å². The highest BCUT2D eigenvalue weighted by atomic mass is 14.9. The first-order valence-corrected chi connectivity index (χ1v) is 20.4. The second-order valence-electron chi connectivity index (χ2n) is 16.4. The molecule has 0 spiro atoms. The smallest absolute Gasteiger partial charge is 0.0998 e. The van der Waals surface area contributed by atoms with Crippen molar-refractivity contribution < 1.29 is 0 Å². The largest absolute Gasteiger partial charge is 0.308 e. The molecule has 4 aromatic carbocycles. The molecule has 0 radical (unpaired) electrons. The molecule has 4 aliphatic carbocycles. The van der Waals surface area contributed by atoms with E-state index in [4.69, 9.17) is 0 Å². The van der Waals surface area contributed by atoms with Crippen LogP contribution in [0.15, 0.2) is 72.3 Å². The van der Waals surface area contributed by atoms with E-state index in [1.807, 2.05) is 13.8 Å². The van der Waals surface area contributed by atoms with Gasteiger partial charge in [0.15, 0.2) is 0 Å². The van der Waals surface area contributed by atoms with Gasteiger partial charge in [0.25, 0.3) is 0 Å². The molecule has 3 nitrogen and oxygen atoms in total. The third-order valence-electron chi connectivity index (χ3n) is 13.1. The Kier molecular flexibility index (Phi) is 8.21. The zero-order valence-electron chi connectivity index (χ0n) is 32.7. The van der Waals surface area contributed by atoms with Crippen LogP contribution in [0.1, 0.15) is 149 Å². The van der Waals surface area contributed by atoms with Crippen LogP contribution in [0.25, 0.3) is 66.9 Å². The van der Waals surface area contributed by atoms with Crippen LogP contribution in [-0.4, -0.2) is 4.40 Å². The van der Waals surface area contributed by atoms with Gasteiger partial charge in [-0.25, -0.2) is 0 Å². The molecule has 0 bridgehead atoms. The highest BCUT2D eigenvalue weighted by molar-refractivity contribution is 6.27. The molecule has 2 unspecified atom stereocenters. The van der Waals surface area contributed by atoms with Crippen LogP contribution < -0.4 is 0 Å². The molecule has 3 heteroatoms. The number of allylic oxidation sites excluding steroid dienone is 6. The fourth-order valence-corrected chi connectivity index (χ4v) is 10.8. The molecule has 268 valence electrons. The van der Waals surface area contributed by atoms with Crippen LogP contribution in [0.2, 0.25) is 0 Å². The molecule has 2 aromatic heterocycles. The van der Waals surface area contributed by atoms with E-state index >= 15 is 0 Å². The van der Waals surface area contributed by atoms with E-state index in [-0.39, 0.29) is 11.3 Å². The lowest BCUT2D eigenvalue weighted by Crippen LogP contribution is -2.17. The minimum Gasteiger partial charge on any atom is -0.308 e. The van der Waals surface area contributed by atoms with Gasteiger partial charge >= 0.3 is 0 Å². The lowest BCUT2D eigenvalue weighted by Gasteiger charge is -2.26. The van der Waals surface area contributed by atoms with Crippen molar-refractivity contribution in [2.75, 3.05) is 0 Å². The Labute approximate surface area is 319 Å². The zero-order chi connectivity index (χ0) is 37.5. The summed E-state index contributed by atoms with van der Waals surface area (Å²) in [5.41, 5.74) is 17.9. The number of hydrogen-bond acceptors (Lipinski definition) is 2. The Morgan fingerprint density at radius 2 is 1.31 bits per heavy atom. The van der Waals surface area contributed by atoms with E-state index < -0.39 is 0 Å². The molecule has 2 atom stereocenters. The van der Waals surface area contributed by atoms with Gasteiger partial charge in [-0.15, -0.1) is 0 Å². The second kappa shape index (κ2) is 12.9. The maximum absolute atomic E-state index is 10.7. The Hall–Kier alpha value is -5.38. The van der Waals surface area contributed by atoms with Gasteiger partial charge < -0.3 is 4.40 Å². The summed E-state index contributed by atoms with van der Waals surface area (Å²) >= 11 is 0. The molecular formula is C51H49N3. The third-order valence-corrected chi connectivity index (χ3v) is 13.1. The molecule has 0 amide bonds. The van der Waals surface area contributed by atoms with Crippen molar-refractivity contribution in [3.63, 3.8) is 0 Å². The summed E-state index contributed by atoms with van der Waals surface area (Å²) in [7, 11) is 0. The molecule has 10 rings (SSSR count). The molecular weight excluding hydrogens is 655 g/mol. The number of benzene rings is 4. The summed E-state index contributed by atoms with van der Waals surface area (Å²) in [5.74, 6) is 0.592. The summed E-state index contributed by atoms with van der Waals surface area (Å²) in [6.07, 6.45) is 22.5. The quantitative estimate of drug-likeness (QED) is 0.171. The van der Waals surface area contributed by atoms with Gasteiger partial charge in [-0.3, -0.25) is 0 Å². The summed E-state index contributed by atoms with van der Waals surface area (Å²) in [6.45, 7) is 13.5. The van der Waals surface area contributed by atoms with Crippen molar-refractivity contribution in [1.82, 2.24) is 4.40 Å². The van der Waals surface area contributed by atoms with Gasteiger partial charge in [0.05, 0.1) is 39.8 Å². The van der Waals surface area contributed by atoms with Crippen LogP contribution in [0.3, 0.4) is 0 Å². The monoisotopic (exact) mass is 703 g/mol. The fraction of sp³-hybridized carbons (Fsp3) is 0.333. The fourth-order valence-electron chi connectivity index (χ4n) is 10.8. The first-order valence-electron chi connectivity index (χ1n) is 20.4. The average Bonchev–Trinajstić information content (AvgIpc) is 3.77. The maximum atomic E-state index is 10.7.